The Labute approximate surface area is 110 Å². The third-order valence-corrected chi connectivity index (χ3v) is 8.35. The van der Waals surface area contributed by atoms with E-state index in [0.717, 1.165) is 5.92 Å². The van der Waals surface area contributed by atoms with Gasteiger partial charge in [-0.2, -0.15) is 0 Å². The predicted octanol–water partition coefficient (Wildman–Crippen LogP) is 5.41. The zero-order valence-corrected chi connectivity index (χ0v) is 15.1. The summed E-state index contributed by atoms with van der Waals surface area (Å²) in [7, 11) is -2.26. The molecule has 1 aliphatic carbocycles. The lowest BCUT2D eigenvalue weighted by Gasteiger charge is -2.23. The fourth-order valence-electron chi connectivity index (χ4n) is 2.48. The third-order valence-electron chi connectivity index (χ3n) is 4.02. The molecule has 0 saturated heterocycles. The zero-order chi connectivity index (χ0) is 13.4. The van der Waals surface area contributed by atoms with Gasteiger partial charge < -0.3 is 0 Å². The van der Waals surface area contributed by atoms with Crippen LogP contribution >= 0.6 is 0 Å². The number of hydrogen-bond acceptors (Lipinski definition) is 0. The van der Waals surface area contributed by atoms with Gasteiger partial charge in [0.1, 0.15) is 0 Å². The van der Waals surface area contributed by atoms with Crippen LogP contribution in [0, 0.1) is 5.92 Å². The van der Waals surface area contributed by atoms with Crippen molar-refractivity contribution in [2.24, 2.45) is 5.92 Å². The molecule has 0 aromatic rings. The van der Waals surface area contributed by atoms with E-state index in [1.54, 1.807) is 16.0 Å². The van der Waals surface area contributed by atoms with Crippen LogP contribution in [0.1, 0.15) is 26.7 Å². The molecule has 0 nitrogen and oxygen atoms in total. The molecular weight excluding hydrogens is 236 g/mol. The van der Waals surface area contributed by atoms with Gasteiger partial charge in [0.05, 0.1) is 16.1 Å². The van der Waals surface area contributed by atoms with E-state index in [0.29, 0.717) is 0 Å². The van der Waals surface area contributed by atoms with Crippen molar-refractivity contribution in [2.75, 3.05) is 0 Å². The molecule has 0 saturated carbocycles. The lowest BCUT2D eigenvalue weighted by molar-refractivity contribution is 0.642. The average molecular weight is 267 g/mol. The molecule has 1 aliphatic rings. The molecule has 0 N–H and O–H groups in total. The molecule has 0 radical (unpaired) electrons. The Hall–Kier alpha value is -0.0862. The maximum absolute atomic E-state index is 2.61. The van der Waals surface area contributed by atoms with Crippen molar-refractivity contribution in [1.29, 1.82) is 0 Å². The molecule has 17 heavy (non-hydrogen) atoms. The van der Waals surface area contributed by atoms with Crippen LogP contribution in [0.3, 0.4) is 0 Å². The van der Waals surface area contributed by atoms with Gasteiger partial charge in [-0.25, -0.2) is 0 Å². The first-order chi connectivity index (χ1) is 7.57. The van der Waals surface area contributed by atoms with E-state index < -0.39 is 16.1 Å². The lowest BCUT2D eigenvalue weighted by atomic mass is 9.98. The Morgan fingerprint density at radius 3 is 1.94 bits per heavy atom. The first kappa shape index (κ1) is 15.0. The van der Waals surface area contributed by atoms with Crippen molar-refractivity contribution in [3.05, 3.63) is 22.0 Å². The van der Waals surface area contributed by atoms with Crippen LogP contribution in [0.15, 0.2) is 22.0 Å². The fourth-order valence-corrected chi connectivity index (χ4v) is 5.83. The quantitative estimate of drug-likeness (QED) is 0.597. The van der Waals surface area contributed by atoms with E-state index in [1.807, 2.05) is 0 Å². The second-order valence-electron chi connectivity index (χ2n) is 7.59. The van der Waals surface area contributed by atoms with Gasteiger partial charge in [-0.05, 0) is 18.8 Å². The van der Waals surface area contributed by atoms with Crippen LogP contribution in [-0.4, -0.2) is 16.1 Å². The minimum absolute atomic E-state index is 0.779. The number of hydrogen-bond donors (Lipinski definition) is 0. The highest BCUT2D eigenvalue weighted by Gasteiger charge is 2.32. The molecule has 0 aromatic carbocycles. The van der Waals surface area contributed by atoms with Gasteiger partial charge in [0.15, 0.2) is 0 Å². The Kier molecular flexibility index (Phi) is 4.30. The first-order valence-corrected chi connectivity index (χ1v) is 14.0. The Balaban J connectivity index is 3.13. The molecule has 1 atom stereocenters. The maximum Gasteiger partial charge on any atom is 0.0775 e. The second-order valence-corrected chi connectivity index (χ2v) is 17.8. The summed E-state index contributed by atoms with van der Waals surface area (Å²) in [6.07, 6.45) is 5.19. The van der Waals surface area contributed by atoms with Crippen molar-refractivity contribution >= 4 is 16.1 Å². The molecule has 1 rings (SSSR count). The standard InChI is InChI=1S/C15H30Si2/c1-9-12(2)14-10-13(16(3,4)5)11-15(14)17(6,7)8/h11-12H,9-10H2,1-8H3. The highest BCUT2D eigenvalue weighted by Crippen LogP contribution is 2.39. The molecule has 0 heterocycles. The SMILES string of the molecule is CCC(C)C1=C([Si](C)(C)C)C=C([Si](C)(C)C)C1. The van der Waals surface area contributed by atoms with E-state index in [2.05, 4.69) is 59.2 Å². The van der Waals surface area contributed by atoms with Crippen LogP contribution in [0.25, 0.3) is 0 Å². The van der Waals surface area contributed by atoms with E-state index in [4.69, 9.17) is 0 Å². The fraction of sp³-hybridized carbons (Fsp3) is 0.733. The van der Waals surface area contributed by atoms with Gasteiger partial charge in [0.25, 0.3) is 0 Å². The molecular formula is C15H30Si2. The summed E-state index contributed by atoms with van der Waals surface area (Å²) in [5.74, 6) is 0.779. The van der Waals surface area contributed by atoms with Gasteiger partial charge in [0, 0.05) is 0 Å². The average Bonchev–Trinajstić information content (AvgIpc) is 2.59. The van der Waals surface area contributed by atoms with Gasteiger partial charge in [-0.1, -0.05) is 75.2 Å². The molecule has 0 fully saturated rings. The first-order valence-electron chi connectivity index (χ1n) is 7.02. The summed E-state index contributed by atoms with van der Waals surface area (Å²) in [6, 6.07) is 0. The van der Waals surface area contributed by atoms with Crippen LogP contribution in [0.2, 0.25) is 39.3 Å². The minimum Gasteiger partial charge on any atom is -0.0772 e. The van der Waals surface area contributed by atoms with Crippen molar-refractivity contribution in [1.82, 2.24) is 0 Å². The number of allylic oxidation sites excluding steroid dienone is 4. The predicted molar refractivity (Wildman–Crippen MR) is 85.9 cm³/mol. The van der Waals surface area contributed by atoms with Gasteiger partial charge >= 0.3 is 0 Å². The van der Waals surface area contributed by atoms with Crippen LogP contribution in [0.4, 0.5) is 0 Å². The molecule has 98 valence electrons. The molecule has 0 aromatic heterocycles. The van der Waals surface area contributed by atoms with Gasteiger partial charge in [-0.3, -0.25) is 0 Å². The summed E-state index contributed by atoms with van der Waals surface area (Å²) in [4.78, 5) is 0. The normalized spacial score (nSPS) is 19.6. The van der Waals surface area contributed by atoms with E-state index in [-0.39, 0.29) is 0 Å². The largest absolute Gasteiger partial charge is 0.0775 e. The summed E-state index contributed by atoms with van der Waals surface area (Å²) in [6.45, 7) is 19.7. The minimum atomic E-state index is -1.16. The lowest BCUT2D eigenvalue weighted by Crippen LogP contribution is -2.25. The summed E-state index contributed by atoms with van der Waals surface area (Å²) in [5.41, 5.74) is 1.78. The van der Waals surface area contributed by atoms with Crippen molar-refractivity contribution in [2.45, 2.75) is 66.0 Å². The van der Waals surface area contributed by atoms with Crippen molar-refractivity contribution in [3.8, 4) is 0 Å². The Morgan fingerprint density at radius 1 is 1.06 bits per heavy atom. The van der Waals surface area contributed by atoms with E-state index >= 15 is 0 Å². The summed E-state index contributed by atoms with van der Waals surface area (Å²) >= 11 is 0. The smallest absolute Gasteiger partial charge is 0.0772 e. The second kappa shape index (κ2) is 4.89. The molecule has 1 unspecified atom stereocenters. The van der Waals surface area contributed by atoms with E-state index in [9.17, 15) is 0 Å². The highest BCUT2D eigenvalue weighted by molar-refractivity contribution is 6.86. The van der Waals surface area contributed by atoms with Gasteiger partial charge in [0.2, 0.25) is 0 Å². The molecule has 0 bridgehead atoms. The van der Waals surface area contributed by atoms with Crippen molar-refractivity contribution in [3.63, 3.8) is 0 Å². The maximum atomic E-state index is 2.61. The van der Waals surface area contributed by atoms with Crippen LogP contribution < -0.4 is 0 Å². The Morgan fingerprint density at radius 2 is 1.59 bits per heavy atom. The highest BCUT2D eigenvalue weighted by atomic mass is 28.3. The topological polar surface area (TPSA) is 0 Å². The summed E-state index contributed by atoms with van der Waals surface area (Å²) < 4.78 is 0. The zero-order valence-electron chi connectivity index (χ0n) is 13.1. The summed E-state index contributed by atoms with van der Waals surface area (Å²) in [5, 5.41) is 3.55. The van der Waals surface area contributed by atoms with Crippen LogP contribution in [0.5, 0.6) is 0 Å². The van der Waals surface area contributed by atoms with E-state index in [1.165, 1.54) is 12.8 Å². The molecule has 0 spiro atoms. The molecule has 0 amide bonds. The van der Waals surface area contributed by atoms with Crippen LogP contribution in [-0.2, 0) is 0 Å². The molecule has 2 heteroatoms. The number of rotatable bonds is 4. The Bertz CT molecular complexity index is 348. The monoisotopic (exact) mass is 266 g/mol. The third kappa shape index (κ3) is 3.44. The van der Waals surface area contributed by atoms with Crippen molar-refractivity contribution < 1.29 is 0 Å². The molecule has 0 aliphatic heterocycles. The van der Waals surface area contributed by atoms with Gasteiger partial charge in [-0.15, -0.1) is 0 Å².